The molecule has 0 N–H and O–H groups in total. The van der Waals surface area contributed by atoms with Crippen molar-refractivity contribution >= 4 is 58.4 Å². The van der Waals surface area contributed by atoms with Gasteiger partial charge in [0.05, 0.1) is 16.1 Å². The second-order valence-electron chi connectivity index (χ2n) is 7.82. The predicted octanol–water partition coefficient (Wildman–Crippen LogP) is 5.97. The molecule has 0 fully saturated rings. The molecule has 0 spiro atoms. The van der Waals surface area contributed by atoms with Crippen molar-refractivity contribution in [3.05, 3.63) is 45.3 Å². The van der Waals surface area contributed by atoms with Crippen LogP contribution in [0.3, 0.4) is 0 Å². The third-order valence-electron chi connectivity index (χ3n) is 3.89. The number of rotatable bonds is 3. The van der Waals surface area contributed by atoms with E-state index in [1.54, 1.807) is 0 Å². The third kappa shape index (κ3) is 3.66. The zero-order valence-corrected chi connectivity index (χ0v) is 19.4. The van der Waals surface area contributed by atoms with Gasteiger partial charge in [-0.15, -0.1) is 0 Å². The molecule has 0 radical (unpaired) electrons. The largest absolute Gasteiger partial charge is 0.0784 e. The van der Waals surface area contributed by atoms with Gasteiger partial charge in [0.2, 0.25) is 0 Å². The fraction of sp³-hybridized carbons (Fsp3) is 0.333. The zero-order valence-electron chi connectivity index (χ0n) is 14.2. The van der Waals surface area contributed by atoms with Crippen molar-refractivity contribution < 1.29 is 0 Å². The summed E-state index contributed by atoms with van der Waals surface area (Å²) >= 11 is 7.66. The Kier molecular flexibility index (Phi) is 5.27. The molecule has 0 aliphatic rings. The van der Waals surface area contributed by atoms with E-state index in [1.807, 2.05) is 0 Å². The van der Waals surface area contributed by atoms with Crippen LogP contribution in [-0.4, -0.2) is 16.1 Å². The van der Waals surface area contributed by atoms with Crippen LogP contribution in [0.25, 0.3) is 11.1 Å². The molecular weight excluding hydrogens is 432 g/mol. The van der Waals surface area contributed by atoms with Crippen LogP contribution >= 0.6 is 31.9 Å². The lowest BCUT2D eigenvalue weighted by Crippen LogP contribution is -2.43. The van der Waals surface area contributed by atoms with Crippen molar-refractivity contribution in [3.8, 4) is 11.1 Å². The van der Waals surface area contributed by atoms with Crippen molar-refractivity contribution in [3.63, 3.8) is 0 Å². The van der Waals surface area contributed by atoms with Gasteiger partial charge in [0.25, 0.3) is 0 Å². The first-order valence-electron chi connectivity index (χ1n) is 7.62. The van der Waals surface area contributed by atoms with Crippen LogP contribution in [0.15, 0.2) is 45.3 Å². The van der Waals surface area contributed by atoms with Crippen LogP contribution in [-0.2, 0) is 0 Å². The first-order chi connectivity index (χ1) is 10.0. The molecule has 0 saturated heterocycles. The van der Waals surface area contributed by atoms with Crippen LogP contribution < -0.4 is 10.4 Å². The SMILES string of the molecule is C[Si](C)(C)c1cccc(Br)c1-c1c(Br)cccc1[Si](C)(C)C. The summed E-state index contributed by atoms with van der Waals surface area (Å²) in [5.74, 6) is 0. The van der Waals surface area contributed by atoms with Crippen molar-refractivity contribution in [2.75, 3.05) is 0 Å². The van der Waals surface area contributed by atoms with Gasteiger partial charge in [-0.05, 0) is 23.3 Å². The Bertz CT molecular complexity index is 634. The lowest BCUT2D eigenvalue weighted by molar-refractivity contribution is 1.56. The highest BCUT2D eigenvalue weighted by Gasteiger charge is 2.28. The quantitative estimate of drug-likeness (QED) is 0.500. The lowest BCUT2D eigenvalue weighted by Gasteiger charge is -2.28. The Morgan fingerprint density at radius 3 is 1.18 bits per heavy atom. The molecule has 0 aliphatic carbocycles. The van der Waals surface area contributed by atoms with Crippen LogP contribution in [0.2, 0.25) is 39.3 Å². The molecule has 2 aromatic rings. The monoisotopic (exact) mass is 454 g/mol. The van der Waals surface area contributed by atoms with Crippen LogP contribution in [0.1, 0.15) is 0 Å². The molecule has 22 heavy (non-hydrogen) atoms. The Hall–Kier alpha value is -0.166. The molecule has 0 heterocycles. The summed E-state index contributed by atoms with van der Waals surface area (Å²) in [5.41, 5.74) is 2.79. The molecule has 4 heteroatoms. The van der Waals surface area contributed by atoms with E-state index in [4.69, 9.17) is 0 Å². The van der Waals surface area contributed by atoms with Gasteiger partial charge in [-0.2, -0.15) is 0 Å². The molecular formula is C18H24Br2Si2. The summed E-state index contributed by atoms with van der Waals surface area (Å²) in [7, 11) is -2.86. The summed E-state index contributed by atoms with van der Waals surface area (Å²) in [6.07, 6.45) is 0. The predicted molar refractivity (Wildman–Crippen MR) is 113 cm³/mol. The second-order valence-corrected chi connectivity index (χ2v) is 19.6. The zero-order chi connectivity index (χ0) is 16.7. The molecule has 0 nitrogen and oxygen atoms in total. The molecule has 0 amide bonds. The maximum atomic E-state index is 3.83. The highest BCUT2D eigenvalue weighted by Crippen LogP contribution is 2.34. The minimum atomic E-state index is -1.43. The van der Waals surface area contributed by atoms with Crippen molar-refractivity contribution in [1.29, 1.82) is 0 Å². The molecule has 0 aromatic heterocycles. The number of hydrogen-bond acceptors (Lipinski definition) is 0. The van der Waals surface area contributed by atoms with Gasteiger partial charge >= 0.3 is 0 Å². The number of halogens is 2. The van der Waals surface area contributed by atoms with Crippen molar-refractivity contribution in [2.24, 2.45) is 0 Å². The number of benzene rings is 2. The summed E-state index contributed by atoms with van der Waals surface area (Å²) in [6, 6.07) is 13.3. The fourth-order valence-corrected chi connectivity index (χ4v) is 7.51. The van der Waals surface area contributed by atoms with Crippen LogP contribution in [0.5, 0.6) is 0 Å². The van der Waals surface area contributed by atoms with Gasteiger partial charge in [0, 0.05) is 8.95 Å². The molecule has 0 aliphatic heterocycles. The maximum Gasteiger partial charge on any atom is 0.0784 e. The van der Waals surface area contributed by atoms with E-state index in [0.29, 0.717) is 0 Å². The number of hydrogen-bond donors (Lipinski definition) is 0. The molecule has 2 rings (SSSR count). The molecule has 118 valence electrons. The van der Waals surface area contributed by atoms with Gasteiger partial charge in [-0.3, -0.25) is 0 Å². The topological polar surface area (TPSA) is 0 Å². The van der Waals surface area contributed by atoms with E-state index in [-0.39, 0.29) is 0 Å². The Balaban J connectivity index is 2.90. The summed E-state index contributed by atoms with van der Waals surface area (Å²) < 4.78 is 2.41. The summed E-state index contributed by atoms with van der Waals surface area (Å²) in [4.78, 5) is 0. The van der Waals surface area contributed by atoms with E-state index in [2.05, 4.69) is 108 Å². The van der Waals surface area contributed by atoms with Crippen molar-refractivity contribution in [2.45, 2.75) is 39.3 Å². The second kappa shape index (κ2) is 6.38. The van der Waals surface area contributed by atoms with Gasteiger partial charge in [0.1, 0.15) is 0 Å². The Morgan fingerprint density at radius 1 is 0.591 bits per heavy atom. The van der Waals surface area contributed by atoms with E-state index >= 15 is 0 Å². The van der Waals surface area contributed by atoms with Gasteiger partial charge in [-0.1, -0.05) is 106 Å². The average molecular weight is 456 g/mol. The third-order valence-corrected chi connectivity index (χ3v) is 9.28. The Labute approximate surface area is 153 Å². The average Bonchev–Trinajstić information content (AvgIpc) is 2.36. The summed E-state index contributed by atoms with van der Waals surface area (Å²) in [5, 5.41) is 3.04. The smallest absolute Gasteiger partial charge is 0.0656 e. The normalized spacial score (nSPS) is 12.5. The van der Waals surface area contributed by atoms with Crippen LogP contribution in [0, 0.1) is 0 Å². The fourth-order valence-electron chi connectivity index (χ4n) is 2.81. The van der Waals surface area contributed by atoms with Crippen molar-refractivity contribution in [1.82, 2.24) is 0 Å². The highest BCUT2D eigenvalue weighted by atomic mass is 79.9. The van der Waals surface area contributed by atoms with Gasteiger partial charge < -0.3 is 0 Å². The first-order valence-corrected chi connectivity index (χ1v) is 16.2. The molecule has 2 aromatic carbocycles. The molecule has 0 unspecified atom stereocenters. The van der Waals surface area contributed by atoms with Gasteiger partial charge in [-0.25, -0.2) is 0 Å². The first kappa shape index (κ1) is 18.2. The molecule has 0 atom stereocenters. The van der Waals surface area contributed by atoms with E-state index < -0.39 is 16.1 Å². The van der Waals surface area contributed by atoms with E-state index in [0.717, 1.165) is 0 Å². The van der Waals surface area contributed by atoms with Gasteiger partial charge in [0.15, 0.2) is 0 Å². The highest BCUT2D eigenvalue weighted by molar-refractivity contribution is 9.11. The standard InChI is InChI=1S/C18H24Br2Si2/c1-21(2,3)15-11-7-9-13(19)17(15)18-14(20)10-8-12-16(18)22(4,5)6/h7-12H,1-6H3. The molecule has 0 bridgehead atoms. The molecule has 0 saturated carbocycles. The van der Waals surface area contributed by atoms with E-state index in [1.165, 1.54) is 30.4 Å². The van der Waals surface area contributed by atoms with E-state index in [9.17, 15) is 0 Å². The Morgan fingerprint density at radius 2 is 0.909 bits per heavy atom. The maximum absolute atomic E-state index is 3.83. The van der Waals surface area contributed by atoms with Crippen LogP contribution in [0.4, 0.5) is 0 Å². The summed E-state index contributed by atoms with van der Waals surface area (Å²) in [6.45, 7) is 14.5. The minimum Gasteiger partial charge on any atom is -0.0656 e. The lowest BCUT2D eigenvalue weighted by atomic mass is 10.1. The minimum absolute atomic E-state index is 1.21.